The Morgan fingerprint density at radius 1 is 0.923 bits per heavy atom. The summed E-state index contributed by atoms with van der Waals surface area (Å²) in [5, 5.41) is 0. The van der Waals surface area contributed by atoms with Crippen LogP contribution in [-0.4, -0.2) is 6.29 Å². The van der Waals surface area contributed by atoms with Gasteiger partial charge in [0.15, 0.2) is 0 Å². The van der Waals surface area contributed by atoms with Crippen LogP contribution >= 0.6 is 0 Å². The lowest BCUT2D eigenvalue weighted by atomic mass is 9.89. The van der Waals surface area contributed by atoms with Crippen LogP contribution in [-0.2, 0) is 4.79 Å². The van der Waals surface area contributed by atoms with Crippen molar-refractivity contribution >= 4 is 6.29 Å². The van der Waals surface area contributed by atoms with Gasteiger partial charge in [0.25, 0.3) is 0 Å². The third kappa shape index (κ3) is 11.7. The monoisotopic (exact) mass is 184 g/mol. The lowest BCUT2D eigenvalue weighted by Gasteiger charge is -2.17. The molecule has 0 aromatic heterocycles. The summed E-state index contributed by atoms with van der Waals surface area (Å²) in [6.45, 7) is 6.87. The Hall–Kier alpha value is -0.330. The summed E-state index contributed by atoms with van der Waals surface area (Å²) in [7, 11) is 0. The Bertz CT molecular complexity index is 122. The van der Waals surface area contributed by atoms with Crippen LogP contribution in [0.3, 0.4) is 0 Å². The molecular weight excluding hydrogens is 160 g/mol. The second-order valence-corrected chi connectivity index (χ2v) is 5.03. The van der Waals surface area contributed by atoms with Crippen molar-refractivity contribution in [3.05, 3.63) is 0 Å². The fourth-order valence-electron chi connectivity index (χ4n) is 1.41. The average molecular weight is 184 g/mol. The fraction of sp³-hybridized carbons (Fsp3) is 0.917. The lowest BCUT2D eigenvalue weighted by molar-refractivity contribution is -0.107. The smallest absolute Gasteiger partial charge is 0.119 e. The van der Waals surface area contributed by atoms with Crippen LogP contribution in [0.5, 0.6) is 0 Å². The quantitative estimate of drug-likeness (QED) is 0.432. The average Bonchev–Trinajstić information content (AvgIpc) is 2.01. The Labute approximate surface area is 82.9 Å². The predicted octanol–water partition coefficient (Wildman–Crippen LogP) is 3.96. The molecule has 0 atom stereocenters. The Morgan fingerprint density at radius 3 is 2.00 bits per heavy atom. The van der Waals surface area contributed by atoms with E-state index in [2.05, 4.69) is 20.8 Å². The summed E-state index contributed by atoms with van der Waals surface area (Å²) in [5.74, 6) is 0. The van der Waals surface area contributed by atoms with E-state index < -0.39 is 0 Å². The molecule has 0 fully saturated rings. The Balaban J connectivity index is 3.04. The molecule has 0 radical (unpaired) electrons. The van der Waals surface area contributed by atoms with Crippen LogP contribution in [0.1, 0.15) is 65.7 Å². The number of hydrogen-bond donors (Lipinski definition) is 0. The van der Waals surface area contributed by atoms with Gasteiger partial charge in [0.1, 0.15) is 6.29 Å². The molecule has 1 nitrogen and oxygen atoms in total. The zero-order valence-corrected chi connectivity index (χ0v) is 9.44. The van der Waals surface area contributed by atoms with E-state index in [0.717, 1.165) is 19.1 Å². The van der Waals surface area contributed by atoms with Gasteiger partial charge in [0.2, 0.25) is 0 Å². The minimum atomic E-state index is 0.489. The van der Waals surface area contributed by atoms with Crippen LogP contribution < -0.4 is 0 Å². The SMILES string of the molecule is CC(C)(C)CCCCCCCC=O. The maximum absolute atomic E-state index is 10.0. The summed E-state index contributed by atoms with van der Waals surface area (Å²) >= 11 is 0. The molecule has 0 spiro atoms. The van der Waals surface area contributed by atoms with Crippen LogP contribution in [0.25, 0.3) is 0 Å². The second-order valence-electron chi connectivity index (χ2n) is 5.03. The molecule has 0 saturated carbocycles. The topological polar surface area (TPSA) is 17.1 Å². The molecule has 0 aromatic carbocycles. The van der Waals surface area contributed by atoms with Gasteiger partial charge in [0.05, 0.1) is 0 Å². The largest absolute Gasteiger partial charge is 0.303 e. The fourth-order valence-corrected chi connectivity index (χ4v) is 1.41. The maximum atomic E-state index is 10.0. The summed E-state index contributed by atoms with van der Waals surface area (Å²) in [6, 6.07) is 0. The van der Waals surface area contributed by atoms with Gasteiger partial charge in [-0.1, -0.05) is 46.5 Å². The first-order valence-electron chi connectivity index (χ1n) is 5.50. The number of carbonyl (C=O) groups is 1. The molecule has 1 heteroatoms. The van der Waals surface area contributed by atoms with Gasteiger partial charge >= 0.3 is 0 Å². The van der Waals surface area contributed by atoms with E-state index in [1.807, 2.05) is 0 Å². The van der Waals surface area contributed by atoms with Crippen molar-refractivity contribution in [3.8, 4) is 0 Å². The first-order valence-corrected chi connectivity index (χ1v) is 5.50. The van der Waals surface area contributed by atoms with Gasteiger partial charge in [-0.05, 0) is 18.3 Å². The second kappa shape index (κ2) is 7.11. The highest BCUT2D eigenvalue weighted by molar-refractivity contribution is 5.48. The van der Waals surface area contributed by atoms with Gasteiger partial charge in [-0.3, -0.25) is 0 Å². The van der Waals surface area contributed by atoms with Crippen molar-refractivity contribution in [1.82, 2.24) is 0 Å². The van der Waals surface area contributed by atoms with E-state index in [1.165, 1.54) is 32.1 Å². The Morgan fingerprint density at radius 2 is 1.46 bits per heavy atom. The van der Waals surface area contributed by atoms with E-state index in [-0.39, 0.29) is 0 Å². The number of hydrogen-bond acceptors (Lipinski definition) is 1. The molecule has 0 aromatic rings. The number of unbranched alkanes of at least 4 members (excludes halogenated alkanes) is 5. The van der Waals surface area contributed by atoms with Crippen molar-refractivity contribution in [2.75, 3.05) is 0 Å². The molecule has 0 saturated heterocycles. The van der Waals surface area contributed by atoms with Gasteiger partial charge in [-0.15, -0.1) is 0 Å². The van der Waals surface area contributed by atoms with Crippen LogP contribution in [0.2, 0.25) is 0 Å². The Kier molecular flexibility index (Phi) is 6.93. The van der Waals surface area contributed by atoms with Gasteiger partial charge in [0, 0.05) is 6.42 Å². The summed E-state index contributed by atoms with van der Waals surface area (Å²) in [6.07, 6.45) is 9.36. The van der Waals surface area contributed by atoms with Crippen LogP contribution in [0.15, 0.2) is 0 Å². The van der Waals surface area contributed by atoms with Gasteiger partial charge in [-0.25, -0.2) is 0 Å². The molecule has 78 valence electrons. The highest BCUT2D eigenvalue weighted by atomic mass is 16.1. The molecule has 0 N–H and O–H groups in total. The third-order valence-corrected chi connectivity index (χ3v) is 2.25. The number of rotatable bonds is 7. The number of carbonyl (C=O) groups excluding carboxylic acids is 1. The highest BCUT2D eigenvalue weighted by Gasteiger charge is 2.08. The van der Waals surface area contributed by atoms with E-state index in [1.54, 1.807) is 0 Å². The maximum Gasteiger partial charge on any atom is 0.119 e. The summed E-state index contributed by atoms with van der Waals surface area (Å²) < 4.78 is 0. The summed E-state index contributed by atoms with van der Waals surface area (Å²) in [4.78, 5) is 10.0. The molecule has 13 heavy (non-hydrogen) atoms. The predicted molar refractivity (Wildman–Crippen MR) is 57.8 cm³/mol. The third-order valence-electron chi connectivity index (χ3n) is 2.25. The van der Waals surface area contributed by atoms with Crippen molar-refractivity contribution in [1.29, 1.82) is 0 Å². The zero-order valence-electron chi connectivity index (χ0n) is 9.44. The normalized spacial score (nSPS) is 11.6. The van der Waals surface area contributed by atoms with E-state index >= 15 is 0 Å². The van der Waals surface area contributed by atoms with Crippen LogP contribution in [0, 0.1) is 5.41 Å². The number of aldehydes is 1. The molecule has 0 aliphatic carbocycles. The first-order chi connectivity index (χ1) is 6.06. The molecule has 0 unspecified atom stereocenters. The van der Waals surface area contributed by atoms with Crippen LogP contribution in [0.4, 0.5) is 0 Å². The first kappa shape index (κ1) is 12.7. The van der Waals surface area contributed by atoms with E-state index in [9.17, 15) is 4.79 Å². The molecule has 0 aliphatic rings. The van der Waals surface area contributed by atoms with Gasteiger partial charge in [-0.2, -0.15) is 0 Å². The zero-order chi connectivity index (χ0) is 10.2. The molecule has 0 rings (SSSR count). The minimum Gasteiger partial charge on any atom is -0.303 e. The van der Waals surface area contributed by atoms with Crippen molar-refractivity contribution in [2.45, 2.75) is 65.7 Å². The standard InChI is InChI=1S/C12H24O/c1-12(2,3)10-8-6-4-5-7-9-11-13/h11H,4-10H2,1-3H3. The van der Waals surface area contributed by atoms with Crippen molar-refractivity contribution in [3.63, 3.8) is 0 Å². The van der Waals surface area contributed by atoms with Crippen molar-refractivity contribution in [2.24, 2.45) is 5.41 Å². The molecule has 0 heterocycles. The molecule has 0 bridgehead atoms. The summed E-state index contributed by atoms with van der Waals surface area (Å²) in [5.41, 5.74) is 0.489. The lowest BCUT2D eigenvalue weighted by Crippen LogP contribution is -2.03. The van der Waals surface area contributed by atoms with Gasteiger partial charge < -0.3 is 4.79 Å². The van der Waals surface area contributed by atoms with Crippen molar-refractivity contribution < 1.29 is 4.79 Å². The highest BCUT2D eigenvalue weighted by Crippen LogP contribution is 2.22. The molecular formula is C12H24O. The molecule has 0 aliphatic heterocycles. The van der Waals surface area contributed by atoms with E-state index in [4.69, 9.17) is 0 Å². The minimum absolute atomic E-state index is 0.489. The molecule has 0 amide bonds. The van der Waals surface area contributed by atoms with E-state index in [0.29, 0.717) is 5.41 Å².